The van der Waals surface area contributed by atoms with Crippen LogP contribution in [-0.2, 0) is 23.8 Å². The molecule has 0 saturated heterocycles. The molecule has 1 aromatic rings. The van der Waals surface area contributed by atoms with Gasteiger partial charge in [-0.05, 0) is 18.9 Å². The van der Waals surface area contributed by atoms with E-state index in [4.69, 9.17) is 9.47 Å². The number of ether oxygens (including phenoxy) is 2. The summed E-state index contributed by atoms with van der Waals surface area (Å²) in [4.78, 5) is 12.1. The molecule has 0 aliphatic heterocycles. The van der Waals surface area contributed by atoms with E-state index in [1.54, 1.807) is 6.92 Å². The van der Waals surface area contributed by atoms with Crippen molar-refractivity contribution < 1.29 is 40.0 Å². The summed E-state index contributed by atoms with van der Waals surface area (Å²) in [6, 6.07) is 0. The van der Waals surface area contributed by atoms with E-state index >= 15 is 0 Å². The largest absolute Gasteiger partial charge is 0.534 e. The summed E-state index contributed by atoms with van der Waals surface area (Å²) in [5, 5.41) is 0. The minimum atomic E-state index is -5.70. The number of carbonyl (C=O) groups excluding carboxylic acids is 1. The minimum absolute atomic E-state index is 0.00374. The van der Waals surface area contributed by atoms with Crippen molar-refractivity contribution in [1.29, 1.82) is 0 Å². The van der Waals surface area contributed by atoms with E-state index < -0.39 is 33.8 Å². The second kappa shape index (κ2) is 8.20. The zero-order valence-corrected chi connectivity index (χ0v) is 15.1. The Balaban J connectivity index is 1.89. The lowest BCUT2D eigenvalue weighted by Gasteiger charge is -2.23. The Hall–Kier alpha value is -1.89. The fourth-order valence-corrected chi connectivity index (χ4v) is 2.93. The standard InChI is InChI=1S/C13H15F3N2O6S2/c1-2-11(22-10-7-17-25-18-10)23-12(19)8-3-5-9(6-4-8)24-26(20,21)13(14,15)16/h5,7-8,11H,2-4,6H2,1H3. The number of halogens is 3. The van der Waals surface area contributed by atoms with Crippen molar-refractivity contribution in [3.63, 3.8) is 0 Å². The van der Waals surface area contributed by atoms with Crippen LogP contribution in [0.3, 0.4) is 0 Å². The normalized spacial score (nSPS) is 19.4. The minimum Gasteiger partial charge on any atom is -0.435 e. The number of aromatic nitrogens is 2. The van der Waals surface area contributed by atoms with Gasteiger partial charge < -0.3 is 13.7 Å². The lowest BCUT2D eigenvalue weighted by molar-refractivity contribution is -0.169. The third-order valence-corrected chi connectivity index (χ3v) is 4.84. The van der Waals surface area contributed by atoms with Gasteiger partial charge in [-0.1, -0.05) is 6.92 Å². The number of nitrogens with zero attached hydrogens (tertiary/aromatic N) is 2. The fourth-order valence-electron chi connectivity index (χ4n) is 2.05. The molecule has 0 bridgehead atoms. The van der Waals surface area contributed by atoms with E-state index in [1.807, 2.05) is 0 Å². The SMILES string of the molecule is CCC(OC(=O)C1CC=C(OS(=O)(=O)C(F)(F)F)CC1)Oc1cnsn1. The van der Waals surface area contributed by atoms with E-state index in [9.17, 15) is 26.4 Å². The van der Waals surface area contributed by atoms with Gasteiger partial charge in [-0.2, -0.15) is 26.0 Å². The van der Waals surface area contributed by atoms with Crippen molar-refractivity contribution >= 4 is 27.8 Å². The molecule has 2 unspecified atom stereocenters. The van der Waals surface area contributed by atoms with Crippen LogP contribution in [0.2, 0.25) is 0 Å². The molecule has 13 heteroatoms. The van der Waals surface area contributed by atoms with Crippen molar-refractivity contribution in [2.24, 2.45) is 5.92 Å². The summed E-state index contributed by atoms with van der Waals surface area (Å²) in [6.45, 7) is 1.73. The molecule has 0 fully saturated rings. The first kappa shape index (κ1) is 20.4. The number of hydrogen-bond donors (Lipinski definition) is 0. The Kier molecular flexibility index (Phi) is 6.44. The van der Waals surface area contributed by atoms with E-state index in [-0.39, 0.29) is 30.9 Å². The van der Waals surface area contributed by atoms with Gasteiger partial charge in [0.15, 0.2) is 0 Å². The molecule has 146 valence electrons. The average molecular weight is 416 g/mol. The highest BCUT2D eigenvalue weighted by Crippen LogP contribution is 2.31. The fraction of sp³-hybridized carbons (Fsp3) is 0.615. The lowest BCUT2D eigenvalue weighted by atomic mass is 9.93. The van der Waals surface area contributed by atoms with Crippen molar-refractivity contribution in [2.45, 2.75) is 44.4 Å². The zero-order valence-electron chi connectivity index (χ0n) is 13.4. The highest BCUT2D eigenvalue weighted by Gasteiger charge is 2.49. The van der Waals surface area contributed by atoms with E-state index in [0.717, 1.165) is 17.8 Å². The van der Waals surface area contributed by atoms with E-state index in [0.29, 0.717) is 6.42 Å². The van der Waals surface area contributed by atoms with Crippen molar-refractivity contribution in [3.8, 4) is 5.88 Å². The van der Waals surface area contributed by atoms with Gasteiger partial charge in [0.2, 0.25) is 12.2 Å². The summed E-state index contributed by atoms with van der Waals surface area (Å²) in [5.74, 6) is -1.37. The zero-order chi connectivity index (χ0) is 19.4. The van der Waals surface area contributed by atoms with Crippen LogP contribution < -0.4 is 4.74 Å². The van der Waals surface area contributed by atoms with Crippen LogP contribution in [0.15, 0.2) is 18.0 Å². The Morgan fingerprint density at radius 2 is 2.19 bits per heavy atom. The Morgan fingerprint density at radius 3 is 2.69 bits per heavy atom. The summed E-state index contributed by atoms with van der Waals surface area (Å²) in [5.41, 5.74) is -5.50. The number of rotatable bonds is 7. The molecule has 26 heavy (non-hydrogen) atoms. The molecule has 2 atom stereocenters. The number of carbonyl (C=O) groups is 1. The molecular formula is C13H15F3N2O6S2. The first-order valence-corrected chi connectivity index (χ1v) is 9.60. The number of alkyl halides is 3. The third-order valence-electron chi connectivity index (χ3n) is 3.38. The molecule has 1 heterocycles. The number of allylic oxidation sites excluding steroid dienone is 2. The van der Waals surface area contributed by atoms with Crippen LogP contribution in [0.1, 0.15) is 32.6 Å². The van der Waals surface area contributed by atoms with E-state index in [1.165, 1.54) is 6.20 Å². The van der Waals surface area contributed by atoms with Gasteiger partial charge in [0.1, 0.15) is 12.0 Å². The maximum absolute atomic E-state index is 12.3. The summed E-state index contributed by atoms with van der Waals surface area (Å²) >= 11 is 0.929. The Labute approximate surface area is 151 Å². The first-order valence-electron chi connectivity index (χ1n) is 7.47. The van der Waals surface area contributed by atoms with Gasteiger partial charge in [0.25, 0.3) is 0 Å². The summed E-state index contributed by atoms with van der Waals surface area (Å²) in [7, 11) is -5.70. The highest BCUT2D eigenvalue weighted by molar-refractivity contribution is 7.87. The molecule has 1 aliphatic rings. The molecule has 0 amide bonds. The summed E-state index contributed by atoms with van der Waals surface area (Å²) in [6.07, 6.45) is 1.94. The van der Waals surface area contributed by atoms with Crippen molar-refractivity contribution in [2.75, 3.05) is 0 Å². The molecular weight excluding hydrogens is 401 g/mol. The van der Waals surface area contributed by atoms with Crippen LogP contribution in [-0.4, -0.2) is 34.9 Å². The predicted molar refractivity (Wildman–Crippen MR) is 82.2 cm³/mol. The smallest absolute Gasteiger partial charge is 0.435 e. The molecule has 8 nitrogen and oxygen atoms in total. The molecule has 0 N–H and O–H groups in total. The van der Waals surface area contributed by atoms with Gasteiger partial charge >= 0.3 is 21.6 Å². The van der Waals surface area contributed by atoms with Gasteiger partial charge in [0.05, 0.1) is 17.6 Å². The molecule has 1 aliphatic carbocycles. The predicted octanol–water partition coefficient (Wildman–Crippen LogP) is 2.75. The lowest BCUT2D eigenvalue weighted by Crippen LogP contribution is -2.30. The number of hydrogen-bond acceptors (Lipinski definition) is 9. The van der Waals surface area contributed by atoms with Crippen LogP contribution in [0.25, 0.3) is 0 Å². The topological polar surface area (TPSA) is 105 Å². The number of esters is 1. The van der Waals surface area contributed by atoms with Crippen molar-refractivity contribution in [1.82, 2.24) is 8.75 Å². The first-order chi connectivity index (χ1) is 12.1. The van der Waals surface area contributed by atoms with Crippen LogP contribution in [0.4, 0.5) is 13.2 Å². The third kappa shape index (κ3) is 5.30. The second-order valence-corrected chi connectivity index (χ2v) is 7.36. The Bertz CT molecular complexity index is 748. The van der Waals surface area contributed by atoms with Gasteiger partial charge in [-0.15, -0.1) is 4.37 Å². The monoisotopic (exact) mass is 416 g/mol. The Morgan fingerprint density at radius 1 is 1.46 bits per heavy atom. The molecule has 1 aromatic heterocycles. The second-order valence-electron chi connectivity index (χ2n) is 5.26. The summed E-state index contributed by atoms with van der Waals surface area (Å²) < 4.78 is 81.0. The van der Waals surface area contributed by atoms with Crippen LogP contribution >= 0.6 is 11.7 Å². The molecule has 0 saturated carbocycles. The van der Waals surface area contributed by atoms with Gasteiger partial charge in [-0.25, -0.2) is 0 Å². The quantitative estimate of drug-likeness (QED) is 0.289. The molecule has 0 radical (unpaired) electrons. The van der Waals surface area contributed by atoms with Gasteiger partial charge in [0, 0.05) is 12.8 Å². The van der Waals surface area contributed by atoms with Crippen molar-refractivity contribution in [3.05, 3.63) is 18.0 Å². The highest BCUT2D eigenvalue weighted by atomic mass is 32.2. The maximum atomic E-state index is 12.3. The molecule has 0 aromatic carbocycles. The molecule has 2 rings (SSSR count). The maximum Gasteiger partial charge on any atom is 0.534 e. The van der Waals surface area contributed by atoms with Crippen LogP contribution in [0, 0.1) is 5.92 Å². The van der Waals surface area contributed by atoms with E-state index in [2.05, 4.69) is 12.9 Å². The molecule has 0 spiro atoms. The average Bonchev–Trinajstić information content (AvgIpc) is 3.06. The van der Waals surface area contributed by atoms with Crippen LogP contribution in [0.5, 0.6) is 5.88 Å². The van der Waals surface area contributed by atoms with Gasteiger partial charge in [-0.3, -0.25) is 4.79 Å².